The van der Waals surface area contributed by atoms with Gasteiger partial charge in [0, 0.05) is 25.3 Å². The summed E-state index contributed by atoms with van der Waals surface area (Å²) >= 11 is 0. The zero-order valence-corrected chi connectivity index (χ0v) is 13.7. The number of sulfonamides is 1. The topological polar surface area (TPSA) is 90.0 Å². The molecular formula is C14H26N4O2S. The second-order valence-corrected chi connectivity index (χ2v) is 7.72. The molecule has 0 radical (unpaired) electrons. The number of imidazole rings is 1. The van der Waals surface area contributed by atoms with Crippen LogP contribution in [0.2, 0.25) is 0 Å². The van der Waals surface area contributed by atoms with Crippen LogP contribution in [0.1, 0.15) is 50.8 Å². The Morgan fingerprint density at radius 1 is 1.29 bits per heavy atom. The van der Waals surface area contributed by atoms with Crippen LogP contribution < -0.4 is 10.5 Å². The molecule has 1 saturated carbocycles. The Balaban J connectivity index is 2.22. The first kappa shape index (κ1) is 16.5. The quantitative estimate of drug-likeness (QED) is 0.880. The highest BCUT2D eigenvalue weighted by atomic mass is 32.2. The number of aryl methyl sites for hydroxylation is 2. The average molecular weight is 314 g/mol. The van der Waals surface area contributed by atoms with E-state index in [-0.39, 0.29) is 5.03 Å². The molecule has 1 aromatic rings. The first-order valence-corrected chi connectivity index (χ1v) is 9.11. The third-order valence-corrected chi connectivity index (χ3v) is 5.86. The fraction of sp³-hybridized carbons (Fsp3) is 0.786. The maximum Gasteiger partial charge on any atom is 0.260 e. The van der Waals surface area contributed by atoms with Gasteiger partial charge in [-0.15, -0.1) is 0 Å². The molecule has 7 heteroatoms. The normalized spacial score (nSPS) is 20.0. The Morgan fingerprint density at radius 3 is 2.33 bits per heavy atom. The van der Waals surface area contributed by atoms with Gasteiger partial charge in [0.1, 0.15) is 5.82 Å². The zero-order chi connectivity index (χ0) is 15.5. The summed E-state index contributed by atoms with van der Waals surface area (Å²) < 4.78 is 29.7. The van der Waals surface area contributed by atoms with Crippen LogP contribution in [0.15, 0.2) is 11.2 Å². The fourth-order valence-electron chi connectivity index (χ4n) is 2.92. The summed E-state index contributed by atoms with van der Waals surface area (Å²) in [7, 11) is -1.83. The maximum absolute atomic E-state index is 12.6. The van der Waals surface area contributed by atoms with Crippen molar-refractivity contribution in [2.75, 3.05) is 6.54 Å². The second-order valence-electron chi connectivity index (χ2n) is 6.09. The molecule has 0 bridgehead atoms. The van der Waals surface area contributed by atoms with E-state index in [1.165, 1.54) is 6.42 Å². The number of nitrogens with one attached hydrogen (secondary N) is 1. The first-order valence-electron chi connectivity index (χ1n) is 7.63. The fourth-order valence-corrected chi connectivity index (χ4v) is 4.43. The minimum atomic E-state index is -3.62. The van der Waals surface area contributed by atoms with Crippen LogP contribution in [0.25, 0.3) is 0 Å². The van der Waals surface area contributed by atoms with E-state index >= 15 is 0 Å². The van der Waals surface area contributed by atoms with Gasteiger partial charge >= 0.3 is 0 Å². The molecular weight excluding hydrogens is 288 g/mol. The maximum atomic E-state index is 12.6. The molecule has 1 fully saturated rings. The van der Waals surface area contributed by atoms with E-state index in [4.69, 9.17) is 5.73 Å². The van der Waals surface area contributed by atoms with Crippen LogP contribution in [-0.2, 0) is 17.1 Å². The Labute approximate surface area is 127 Å². The molecule has 0 saturated heterocycles. The van der Waals surface area contributed by atoms with Crippen molar-refractivity contribution in [3.63, 3.8) is 0 Å². The van der Waals surface area contributed by atoms with Gasteiger partial charge in [-0.1, -0.05) is 32.1 Å². The smallest absolute Gasteiger partial charge is 0.260 e. The molecule has 0 aliphatic heterocycles. The van der Waals surface area contributed by atoms with E-state index in [1.54, 1.807) is 24.7 Å². The number of rotatable bonds is 4. The number of nitrogens with zero attached hydrogens (tertiary/aromatic N) is 2. The lowest BCUT2D eigenvalue weighted by atomic mass is 9.85. The van der Waals surface area contributed by atoms with Gasteiger partial charge in [0.05, 0.1) is 0 Å². The molecule has 2 rings (SSSR count). The van der Waals surface area contributed by atoms with Crippen LogP contribution in [-0.4, -0.2) is 30.1 Å². The van der Waals surface area contributed by atoms with E-state index in [9.17, 15) is 8.42 Å². The monoisotopic (exact) mass is 314 g/mol. The average Bonchev–Trinajstić information content (AvgIpc) is 2.74. The molecule has 21 heavy (non-hydrogen) atoms. The molecule has 0 atom stereocenters. The second kappa shape index (κ2) is 6.46. The number of nitrogens with two attached hydrogens (primary N) is 1. The summed E-state index contributed by atoms with van der Waals surface area (Å²) in [5.74, 6) is 0.676. The van der Waals surface area contributed by atoms with Crippen molar-refractivity contribution in [1.29, 1.82) is 0 Å². The predicted octanol–water partition coefficient (Wildman–Crippen LogP) is 1.45. The van der Waals surface area contributed by atoms with E-state index < -0.39 is 15.6 Å². The first-order chi connectivity index (χ1) is 9.88. The molecule has 0 aromatic carbocycles. The summed E-state index contributed by atoms with van der Waals surface area (Å²) in [6.07, 6.45) is 8.70. The molecule has 1 aliphatic carbocycles. The number of aromatic nitrogens is 2. The number of hydrogen-bond donors (Lipinski definition) is 2. The molecule has 0 amide bonds. The number of hydrogen-bond acceptors (Lipinski definition) is 4. The Bertz CT molecular complexity index is 552. The third-order valence-electron chi connectivity index (χ3n) is 4.41. The highest BCUT2D eigenvalue weighted by Crippen LogP contribution is 2.27. The Morgan fingerprint density at radius 2 is 1.86 bits per heavy atom. The molecule has 0 spiro atoms. The molecule has 1 aliphatic rings. The van der Waals surface area contributed by atoms with E-state index in [0.29, 0.717) is 12.4 Å². The molecule has 1 heterocycles. The third kappa shape index (κ3) is 3.84. The van der Waals surface area contributed by atoms with E-state index in [0.717, 1.165) is 38.5 Å². The van der Waals surface area contributed by atoms with Gasteiger partial charge in [0.15, 0.2) is 5.03 Å². The van der Waals surface area contributed by atoms with Crippen molar-refractivity contribution >= 4 is 10.0 Å². The summed E-state index contributed by atoms with van der Waals surface area (Å²) in [6.45, 7) is 2.12. The summed E-state index contributed by atoms with van der Waals surface area (Å²) in [5, 5.41) is 0.0809. The van der Waals surface area contributed by atoms with Gasteiger partial charge in [0.25, 0.3) is 10.0 Å². The molecule has 3 N–H and O–H groups in total. The molecule has 0 unspecified atom stereocenters. The minimum Gasteiger partial charge on any atom is -0.337 e. The van der Waals surface area contributed by atoms with Crippen molar-refractivity contribution in [2.45, 2.75) is 62.4 Å². The summed E-state index contributed by atoms with van der Waals surface area (Å²) in [4.78, 5) is 4.13. The summed E-state index contributed by atoms with van der Waals surface area (Å²) in [6, 6.07) is 0. The van der Waals surface area contributed by atoms with Gasteiger partial charge in [-0.2, -0.15) is 0 Å². The Hall–Kier alpha value is -0.920. The van der Waals surface area contributed by atoms with Crippen LogP contribution in [0.5, 0.6) is 0 Å². The highest BCUT2D eigenvalue weighted by Gasteiger charge is 2.34. The SMILES string of the molecule is Cc1nc(S(=O)(=O)NC2(CN)CCCCCCC2)cn1C. The van der Waals surface area contributed by atoms with Crippen molar-refractivity contribution in [3.8, 4) is 0 Å². The van der Waals surface area contributed by atoms with E-state index in [1.807, 2.05) is 0 Å². The van der Waals surface area contributed by atoms with Gasteiger partial charge in [-0.3, -0.25) is 0 Å². The van der Waals surface area contributed by atoms with Crippen molar-refractivity contribution in [2.24, 2.45) is 12.8 Å². The standard InChI is InChI=1S/C14H26N4O2S/c1-12-16-13(10-18(12)2)21(19,20)17-14(11-15)8-6-4-3-5-7-9-14/h10,17H,3-9,11,15H2,1-2H3. The Kier molecular flexibility index (Phi) is 5.06. The van der Waals surface area contributed by atoms with Crippen LogP contribution in [0.3, 0.4) is 0 Å². The lowest BCUT2D eigenvalue weighted by molar-refractivity contribution is 0.295. The minimum absolute atomic E-state index is 0.0809. The summed E-state index contributed by atoms with van der Waals surface area (Å²) in [5.41, 5.74) is 5.40. The lowest BCUT2D eigenvalue weighted by Crippen LogP contribution is -2.53. The van der Waals surface area contributed by atoms with Crippen LogP contribution >= 0.6 is 0 Å². The van der Waals surface area contributed by atoms with Crippen molar-refractivity contribution in [1.82, 2.24) is 14.3 Å². The van der Waals surface area contributed by atoms with Crippen molar-refractivity contribution < 1.29 is 8.42 Å². The van der Waals surface area contributed by atoms with E-state index in [2.05, 4.69) is 9.71 Å². The van der Waals surface area contributed by atoms with Crippen LogP contribution in [0.4, 0.5) is 0 Å². The highest BCUT2D eigenvalue weighted by molar-refractivity contribution is 7.89. The predicted molar refractivity (Wildman–Crippen MR) is 82.4 cm³/mol. The van der Waals surface area contributed by atoms with Crippen LogP contribution in [0, 0.1) is 6.92 Å². The van der Waals surface area contributed by atoms with Gasteiger partial charge in [-0.05, 0) is 19.8 Å². The van der Waals surface area contributed by atoms with Gasteiger partial charge in [0.2, 0.25) is 0 Å². The van der Waals surface area contributed by atoms with Gasteiger partial charge in [-0.25, -0.2) is 18.1 Å². The molecule has 120 valence electrons. The molecule has 6 nitrogen and oxygen atoms in total. The largest absolute Gasteiger partial charge is 0.337 e. The zero-order valence-electron chi connectivity index (χ0n) is 12.9. The van der Waals surface area contributed by atoms with Crippen molar-refractivity contribution in [3.05, 3.63) is 12.0 Å². The molecule has 1 aromatic heterocycles. The van der Waals surface area contributed by atoms with Gasteiger partial charge < -0.3 is 10.3 Å². The lowest BCUT2D eigenvalue weighted by Gasteiger charge is -2.34.